The number of carbonyl (C=O) groups is 1. The Labute approximate surface area is 163 Å². The Bertz CT molecular complexity index is 954. The van der Waals surface area contributed by atoms with E-state index in [1.54, 1.807) is 11.3 Å². The topological polar surface area (TPSA) is 51.0 Å². The second kappa shape index (κ2) is 6.75. The van der Waals surface area contributed by atoms with Crippen LogP contribution in [0.25, 0.3) is 10.2 Å². The molecule has 1 unspecified atom stereocenters. The third-order valence-corrected chi connectivity index (χ3v) is 6.82. The molecule has 0 radical (unpaired) electrons. The van der Waals surface area contributed by atoms with E-state index in [0.29, 0.717) is 18.4 Å². The van der Waals surface area contributed by atoms with Gasteiger partial charge in [-0.3, -0.25) is 4.79 Å². The van der Waals surface area contributed by atoms with E-state index in [9.17, 15) is 4.79 Å². The van der Waals surface area contributed by atoms with Crippen LogP contribution in [0.15, 0.2) is 30.5 Å². The molecule has 1 aliphatic carbocycles. The average molecular weight is 381 g/mol. The molecule has 2 aliphatic rings. The summed E-state index contributed by atoms with van der Waals surface area (Å²) in [5.41, 5.74) is 2.26. The van der Waals surface area contributed by atoms with Crippen LogP contribution in [0.3, 0.4) is 0 Å². The second-order valence-corrected chi connectivity index (χ2v) is 8.87. The van der Waals surface area contributed by atoms with Gasteiger partial charge in [-0.05, 0) is 38.3 Å². The first-order valence-electron chi connectivity index (χ1n) is 9.85. The molecule has 1 aromatic carbocycles. The number of likely N-dealkylation sites (tertiary alicyclic amines) is 1. The number of amides is 1. The minimum absolute atomic E-state index is 0.252. The Balaban J connectivity index is 1.22. The minimum atomic E-state index is 0.252. The number of nitrogens with zero attached hydrogens (tertiary/aromatic N) is 4. The van der Waals surface area contributed by atoms with Gasteiger partial charge in [0.05, 0.1) is 21.3 Å². The summed E-state index contributed by atoms with van der Waals surface area (Å²) in [6, 6.07) is 8.56. The Kier molecular flexibility index (Phi) is 4.23. The number of hydrogen-bond donors (Lipinski definition) is 0. The highest BCUT2D eigenvalue weighted by Crippen LogP contribution is 2.41. The van der Waals surface area contributed by atoms with Crippen molar-refractivity contribution in [3.8, 4) is 0 Å². The van der Waals surface area contributed by atoms with Crippen molar-refractivity contribution in [2.45, 2.75) is 51.0 Å². The van der Waals surface area contributed by atoms with Crippen LogP contribution in [0.4, 0.5) is 0 Å². The predicted molar refractivity (Wildman–Crippen MR) is 107 cm³/mol. The van der Waals surface area contributed by atoms with Gasteiger partial charge in [-0.2, -0.15) is 0 Å². The van der Waals surface area contributed by atoms with E-state index in [4.69, 9.17) is 0 Å². The van der Waals surface area contributed by atoms with Gasteiger partial charge in [0.15, 0.2) is 0 Å². The maximum absolute atomic E-state index is 12.7. The van der Waals surface area contributed by atoms with Crippen LogP contribution in [0.2, 0.25) is 0 Å². The molecule has 2 fully saturated rings. The summed E-state index contributed by atoms with van der Waals surface area (Å²) in [6.45, 7) is 3.80. The molecule has 27 heavy (non-hydrogen) atoms. The fourth-order valence-corrected chi connectivity index (χ4v) is 5.13. The predicted octanol–water partition coefficient (Wildman–Crippen LogP) is 4.08. The zero-order valence-electron chi connectivity index (χ0n) is 15.6. The summed E-state index contributed by atoms with van der Waals surface area (Å²) in [7, 11) is 0. The van der Waals surface area contributed by atoms with Gasteiger partial charge >= 0.3 is 0 Å². The van der Waals surface area contributed by atoms with Gasteiger partial charge in [-0.1, -0.05) is 12.1 Å². The van der Waals surface area contributed by atoms with Crippen molar-refractivity contribution in [1.29, 1.82) is 0 Å². The standard InChI is InChI=1S/C21H24N4OS/c1-14-12-22-21(15-6-7-15)25(14)16-10-11-24(13-16)20(26)9-8-19-23-17-4-2-3-5-18(17)27-19/h2-5,12,15-16H,6-11,13H2,1H3. The molecular formula is C21H24N4OS. The molecule has 1 saturated carbocycles. The lowest BCUT2D eigenvalue weighted by molar-refractivity contribution is -0.130. The van der Waals surface area contributed by atoms with Gasteiger partial charge in [0.2, 0.25) is 5.91 Å². The van der Waals surface area contributed by atoms with Gasteiger partial charge in [-0.15, -0.1) is 11.3 Å². The largest absolute Gasteiger partial charge is 0.341 e. The van der Waals surface area contributed by atoms with Crippen LogP contribution >= 0.6 is 11.3 Å². The molecule has 3 aromatic rings. The number of imidazole rings is 1. The molecule has 0 N–H and O–H groups in total. The fourth-order valence-electron chi connectivity index (χ4n) is 4.16. The molecule has 1 aliphatic heterocycles. The molecule has 140 valence electrons. The first kappa shape index (κ1) is 16.9. The van der Waals surface area contributed by atoms with E-state index in [2.05, 4.69) is 27.5 Å². The first-order valence-corrected chi connectivity index (χ1v) is 10.7. The molecule has 2 aromatic heterocycles. The van der Waals surface area contributed by atoms with Crippen molar-refractivity contribution in [1.82, 2.24) is 19.4 Å². The van der Waals surface area contributed by atoms with E-state index in [-0.39, 0.29) is 5.91 Å². The molecule has 5 nitrogen and oxygen atoms in total. The number of thiazole rings is 1. The van der Waals surface area contributed by atoms with Crippen LogP contribution in [0.1, 0.15) is 54.2 Å². The van der Waals surface area contributed by atoms with E-state index < -0.39 is 0 Å². The van der Waals surface area contributed by atoms with Crippen molar-refractivity contribution < 1.29 is 4.79 Å². The Hall–Kier alpha value is -2.21. The second-order valence-electron chi connectivity index (χ2n) is 7.76. The number of aromatic nitrogens is 3. The van der Waals surface area contributed by atoms with Gasteiger partial charge < -0.3 is 9.47 Å². The molecule has 1 amide bonds. The lowest BCUT2D eigenvalue weighted by Crippen LogP contribution is -2.29. The zero-order valence-corrected chi connectivity index (χ0v) is 16.4. The number of rotatable bonds is 5. The number of carbonyl (C=O) groups excluding carboxylic acids is 1. The molecule has 0 spiro atoms. The zero-order chi connectivity index (χ0) is 18.4. The summed E-state index contributed by atoms with van der Waals surface area (Å²) in [6.07, 6.45) is 6.82. The SMILES string of the molecule is Cc1cnc(C2CC2)n1C1CCN(C(=O)CCc2nc3ccccc3s2)C1. The molecule has 3 heterocycles. The maximum Gasteiger partial charge on any atom is 0.223 e. The lowest BCUT2D eigenvalue weighted by Gasteiger charge is -2.19. The van der Waals surface area contributed by atoms with Crippen molar-refractivity contribution in [3.63, 3.8) is 0 Å². The quantitative estimate of drug-likeness (QED) is 0.670. The van der Waals surface area contributed by atoms with Crippen LogP contribution in [0, 0.1) is 6.92 Å². The number of hydrogen-bond acceptors (Lipinski definition) is 4. The van der Waals surface area contributed by atoms with Crippen LogP contribution < -0.4 is 0 Å². The highest BCUT2D eigenvalue weighted by atomic mass is 32.1. The number of aryl methyl sites for hydroxylation is 2. The van der Waals surface area contributed by atoms with Crippen molar-refractivity contribution in [2.24, 2.45) is 0 Å². The fraction of sp³-hybridized carbons (Fsp3) is 0.476. The summed E-state index contributed by atoms with van der Waals surface area (Å²) < 4.78 is 3.60. The van der Waals surface area contributed by atoms with E-state index in [1.165, 1.54) is 29.1 Å². The summed E-state index contributed by atoms with van der Waals surface area (Å²) in [5.74, 6) is 2.13. The van der Waals surface area contributed by atoms with Crippen LogP contribution in [0.5, 0.6) is 0 Å². The number of fused-ring (bicyclic) bond motifs is 1. The normalized spacial score (nSPS) is 19.9. The van der Waals surface area contributed by atoms with Gasteiger partial charge in [0.25, 0.3) is 0 Å². The molecule has 1 atom stereocenters. The summed E-state index contributed by atoms with van der Waals surface area (Å²) in [5, 5.41) is 1.06. The third kappa shape index (κ3) is 3.27. The Morgan fingerprint density at radius 2 is 2.11 bits per heavy atom. The van der Waals surface area contributed by atoms with E-state index in [0.717, 1.165) is 36.5 Å². The maximum atomic E-state index is 12.7. The van der Waals surface area contributed by atoms with Crippen molar-refractivity contribution in [3.05, 3.63) is 47.0 Å². The highest BCUT2D eigenvalue weighted by molar-refractivity contribution is 7.18. The van der Waals surface area contributed by atoms with Gasteiger partial charge in [0.1, 0.15) is 5.82 Å². The lowest BCUT2D eigenvalue weighted by atomic mass is 10.2. The smallest absolute Gasteiger partial charge is 0.223 e. The summed E-state index contributed by atoms with van der Waals surface area (Å²) >= 11 is 1.70. The first-order chi connectivity index (χ1) is 13.2. The van der Waals surface area contributed by atoms with Crippen molar-refractivity contribution in [2.75, 3.05) is 13.1 Å². The monoisotopic (exact) mass is 380 g/mol. The minimum Gasteiger partial charge on any atom is -0.341 e. The van der Waals surface area contributed by atoms with E-state index in [1.807, 2.05) is 29.3 Å². The highest BCUT2D eigenvalue weighted by Gasteiger charge is 2.34. The number of benzene rings is 1. The number of para-hydroxylation sites is 1. The van der Waals surface area contributed by atoms with Crippen LogP contribution in [-0.4, -0.2) is 38.4 Å². The molecular weight excluding hydrogens is 356 g/mol. The third-order valence-electron chi connectivity index (χ3n) is 5.73. The van der Waals surface area contributed by atoms with Crippen LogP contribution in [-0.2, 0) is 11.2 Å². The Morgan fingerprint density at radius 3 is 2.93 bits per heavy atom. The van der Waals surface area contributed by atoms with Gasteiger partial charge in [0, 0.05) is 43.7 Å². The molecule has 6 heteroatoms. The average Bonchev–Trinajstić information content (AvgIpc) is 3.09. The molecule has 0 bridgehead atoms. The van der Waals surface area contributed by atoms with Crippen molar-refractivity contribution >= 4 is 27.5 Å². The van der Waals surface area contributed by atoms with Gasteiger partial charge in [-0.25, -0.2) is 9.97 Å². The Morgan fingerprint density at radius 1 is 1.26 bits per heavy atom. The van der Waals surface area contributed by atoms with E-state index >= 15 is 0 Å². The molecule has 1 saturated heterocycles. The molecule has 5 rings (SSSR count). The summed E-state index contributed by atoms with van der Waals surface area (Å²) in [4.78, 5) is 24.1.